The summed E-state index contributed by atoms with van der Waals surface area (Å²) in [6, 6.07) is 5.25. The summed E-state index contributed by atoms with van der Waals surface area (Å²) < 4.78 is 17.7. The van der Waals surface area contributed by atoms with Gasteiger partial charge in [0.2, 0.25) is 12.0 Å². The van der Waals surface area contributed by atoms with Crippen molar-refractivity contribution in [1.29, 1.82) is 0 Å². The fourth-order valence-corrected chi connectivity index (χ4v) is 2.78. The van der Waals surface area contributed by atoms with Gasteiger partial charge in [-0.05, 0) is 22.0 Å². The number of benzene rings is 1. The predicted octanol–water partition coefficient (Wildman–Crippen LogP) is 3.09. The van der Waals surface area contributed by atoms with E-state index in [2.05, 4.69) is 9.97 Å². The van der Waals surface area contributed by atoms with Gasteiger partial charge in [-0.15, -0.1) is 0 Å². The Morgan fingerprint density at radius 1 is 1.20 bits per heavy atom. The van der Waals surface area contributed by atoms with Gasteiger partial charge in [-0.2, -0.15) is 0 Å². The first kappa shape index (κ1) is 14.9. The maximum atomic E-state index is 11.0. The van der Waals surface area contributed by atoms with Crippen LogP contribution in [-0.2, 0) is 0 Å². The molecular weight excluding hydrogens is 328 g/mol. The average molecular weight is 340 g/mol. The Hall–Kier alpha value is -3.62. The molecule has 0 spiro atoms. The van der Waals surface area contributed by atoms with Gasteiger partial charge in [-0.25, -0.2) is 4.98 Å². The van der Waals surface area contributed by atoms with Crippen molar-refractivity contribution in [3.8, 4) is 17.2 Å². The number of methoxy groups -OCH3 is 2. The van der Waals surface area contributed by atoms with Crippen LogP contribution in [-0.4, -0.2) is 33.7 Å². The molecule has 0 N–H and O–H groups in total. The van der Waals surface area contributed by atoms with Gasteiger partial charge >= 0.3 is 5.82 Å². The van der Waals surface area contributed by atoms with Crippen LogP contribution in [0.15, 0.2) is 41.4 Å². The summed E-state index contributed by atoms with van der Waals surface area (Å²) in [4.78, 5) is 18.7. The number of imidazole rings is 1. The molecule has 0 saturated heterocycles. The third kappa shape index (κ3) is 2.24. The van der Waals surface area contributed by atoms with Crippen LogP contribution >= 0.6 is 0 Å². The van der Waals surface area contributed by atoms with E-state index in [-0.39, 0.29) is 5.82 Å². The zero-order chi connectivity index (χ0) is 17.6. The predicted molar refractivity (Wildman–Crippen MR) is 88.4 cm³/mol. The van der Waals surface area contributed by atoms with E-state index in [4.69, 9.17) is 13.9 Å². The number of pyridine rings is 1. The molecule has 1 aromatic carbocycles. The summed E-state index contributed by atoms with van der Waals surface area (Å²) in [6.45, 7) is 0. The fourth-order valence-electron chi connectivity index (χ4n) is 2.78. The van der Waals surface area contributed by atoms with Crippen LogP contribution in [0.25, 0.3) is 27.7 Å². The number of aromatic nitrogens is 3. The van der Waals surface area contributed by atoms with Crippen LogP contribution in [0, 0.1) is 10.1 Å². The topological polar surface area (TPSA) is 105 Å². The Morgan fingerprint density at radius 3 is 2.64 bits per heavy atom. The van der Waals surface area contributed by atoms with Crippen molar-refractivity contribution in [3.05, 3.63) is 47.1 Å². The van der Waals surface area contributed by atoms with Crippen LogP contribution in [0.1, 0.15) is 0 Å². The van der Waals surface area contributed by atoms with Crippen molar-refractivity contribution in [3.63, 3.8) is 0 Å². The third-order valence-corrected chi connectivity index (χ3v) is 3.89. The summed E-state index contributed by atoms with van der Waals surface area (Å²) in [5.41, 5.74) is 1.67. The van der Waals surface area contributed by atoms with Gasteiger partial charge in [-0.1, -0.05) is 0 Å². The van der Waals surface area contributed by atoms with E-state index in [9.17, 15) is 10.1 Å². The van der Waals surface area contributed by atoms with Crippen molar-refractivity contribution >= 4 is 27.8 Å². The van der Waals surface area contributed by atoms with Crippen LogP contribution in [0.5, 0.6) is 11.5 Å². The number of ether oxygens (including phenoxy) is 2. The lowest BCUT2D eigenvalue weighted by molar-refractivity contribution is -0.389. The molecule has 25 heavy (non-hydrogen) atoms. The second-order valence-electron chi connectivity index (χ2n) is 5.22. The molecular formula is C16H12N4O5. The summed E-state index contributed by atoms with van der Waals surface area (Å²) in [5, 5.41) is 12.4. The molecule has 4 aromatic rings. The maximum Gasteiger partial charge on any atom is 0.381 e. The van der Waals surface area contributed by atoms with Crippen LogP contribution in [0.3, 0.4) is 0 Å². The fraction of sp³-hybridized carbons (Fsp3) is 0.125. The number of rotatable bonds is 4. The first-order chi connectivity index (χ1) is 12.1. The van der Waals surface area contributed by atoms with Gasteiger partial charge in [0.05, 0.1) is 37.1 Å². The number of nitrogens with zero attached hydrogens (tertiary/aromatic N) is 4. The van der Waals surface area contributed by atoms with Crippen molar-refractivity contribution < 1.29 is 18.8 Å². The standard InChI is InChI=1S/C16H12N4O5/c1-23-12-5-10-11(6-13(12)24-2)18-16-9(3-4-25-16)15(10)19-7-14(17-8-19)20(21)22/h3-8H,1-2H3. The summed E-state index contributed by atoms with van der Waals surface area (Å²) in [6.07, 6.45) is 4.24. The molecule has 4 rings (SSSR count). The zero-order valence-corrected chi connectivity index (χ0v) is 13.3. The lowest BCUT2D eigenvalue weighted by Gasteiger charge is -2.12. The Bertz CT molecular complexity index is 1110. The van der Waals surface area contributed by atoms with E-state index >= 15 is 0 Å². The van der Waals surface area contributed by atoms with E-state index in [0.717, 1.165) is 5.39 Å². The van der Waals surface area contributed by atoms with E-state index in [1.54, 1.807) is 22.8 Å². The number of hydrogen-bond donors (Lipinski definition) is 0. The number of furan rings is 1. The SMILES string of the molecule is COc1cc2nc3occc3c(-n3cnc([N+](=O)[O-])c3)c2cc1OC. The number of fused-ring (bicyclic) bond motifs is 2. The number of nitro groups is 1. The molecule has 0 saturated carbocycles. The molecule has 0 aliphatic heterocycles. The van der Waals surface area contributed by atoms with E-state index in [1.807, 2.05) is 0 Å². The van der Waals surface area contributed by atoms with Crippen molar-refractivity contribution in [2.45, 2.75) is 0 Å². The molecule has 126 valence electrons. The first-order valence-electron chi connectivity index (χ1n) is 7.24. The van der Waals surface area contributed by atoms with Gasteiger partial charge in [0.15, 0.2) is 11.5 Å². The zero-order valence-electron chi connectivity index (χ0n) is 13.3. The highest BCUT2D eigenvalue weighted by atomic mass is 16.6. The molecule has 9 heteroatoms. The molecule has 3 aromatic heterocycles. The number of hydrogen-bond acceptors (Lipinski definition) is 7. The quantitative estimate of drug-likeness (QED) is 0.415. The third-order valence-electron chi connectivity index (χ3n) is 3.89. The van der Waals surface area contributed by atoms with Crippen molar-refractivity contribution in [1.82, 2.24) is 14.5 Å². The largest absolute Gasteiger partial charge is 0.493 e. The Kier molecular flexibility index (Phi) is 3.27. The summed E-state index contributed by atoms with van der Waals surface area (Å²) >= 11 is 0. The van der Waals surface area contributed by atoms with Crippen LogP contribution < -0.4 is 9.47 Å². The van der Waals surface area contributed by atoms with Crippen molar-refractivity contribution in [2.75, 3.05) is 14.2 Å². The molecule has 0 amide bonds. The Balaban J connectivity index is 2.10. The van der Waals surface area contributed by atoms with Gasteiger partial charge in [0, 0.05) is 11.5 Å². The van der Waals surface area contributed by atoms with Gasteiger partial charge in [0.25, 0.3) is 0 Å². The lowest BCUT2D eigenvalue weighted by Crippen LogP contribution is -1.97. The summed E-state index contributed by atoms with van der Waals surface area (Å²) in [7, 11) is 3.07. The molecule has 3 heterocycles. The van der Waals surface area contributed by atoms with Crippen LogP contribution in [0.2, 0.25) is 0 Å². The Labute approximate surface area is 140 Å². The maximum absolute atomic E-state index is 11.0. The molecule has 0 atom stereocenters. The normalized spacial score (nSPS) is 11.1. The van der Waals surface area contributed by atoms with Gasteiger partial charge in [-0.3, -0.25) is 4.57 Å². The minimum absolute atomic E-state index is 0.248. The smallest absolute Gasteiger partial charge is 0.381 e. The lowest BCUT2D eigenvalue weighted by atomic mass is 10.1. The molecule has 0 aliphatic rings. The highest BCUT2D eigenvalue weighted by Crippen LogP contribution is 2.37. The monoisotopic (exact) mass is 340 g/mol. The van der Waals surface area contributed by atoms with Crippen LogP contribution in [0.4, 0.5) is 5.82 Å². The summed E-state index contributed by atoms with van der Waals surface area (Å²) in [5.74, 6) is 0.800. The minimum atomic E-state index is -0.546. The first-order valence-corrected chi connectivity index (χ1v) is 7.24. The van der Waals surface area contributed by atoms with E-state index in [0.29, 0.717) is 33.8 Å². The second kappa shape index (κ2) is 5.48. The highest BCUT2D eigenvalue weighted by molar-refractivity contribution is 6.02. The van der Waals surface area contributed by atoms with Crippen molar-refractivity contribution in [2.24, 2.45) is 0 Å². The van der Waals surface area contributed by atoms with Gasteiger partial charge < -0.3 is 24.0 Å². The molecule has 0 unspecified atom stereocenters. The second-order valence-corrected chi connectivity index (χ2v) is 5.22. The highest BCUT2D eigenvalue weighted by Gasteiger charge is 2.19. The molecule has 0 radical (unpaired) electrons. The molecule has 0 bridgehead atoms. The molecule has 0 fully saturated rings. The average Bonchev–Trinajstić information content (AvgIpc) is 3.27. The van der Waals surface area contributed by atoms with E-state index < -0.39 is 4.92 Å². The Morgan fingerprint density at radius 2 is 1.96 bits per heavy atom. The van der Waals surface area contributed by atoms with Gasteiger partial charge in [0.1, 0.15) is 6.20 Å². The molecule has 0 aliphatic carbocycles. The minimum Gasteiger partial charge on any atom is -0.493 e. The molecule has 9 nitrogen and oxygen atoms in total. The van der Waals surface area contributed by atoms with E-state index in [1.165, 1.54) is 33.0 Å².